The Labute approximate surface area is 200 Å². The highest BCUT2D eigenvalue weighted by molar-refractivity contribution is 5.84. The van der Waals surface area contributed by atoms with E-state index in [4.69, 9.17) is 4.74 Å². The topological polar surface area (TPSA) is 63.6 Å². The Kier molecular flexibility index (Phi) is 6.48. The van der Waals surface area contributed by atoms with Crippen LogP contribution in [-0.4, -0.2) is 23.1 Å². The molecular weight excluding hydrogens is 424 g/mol. The smallest absolute Gasteiger partial charge is 0.310 e. The van der Waals surface area contributed by atoms with Gasteiger partial charge in [0.2, 0.25) is 0 Å². The van der Waals surface area contributed by atoms with Gasteiger partial charge in [0.25, 0.3) is 0 Å². The maximum absolute atomic E-state index is 13.8. The number of carboxylic acid groups (broad SMARTS) is 1. The van der Waals surface area contributed by atoms with E-state index in [1.54, 1.807) is 0 Å². The van der Waals surface area contributed by atoms with Crippen molar-refractivity contribution in [2.24, 2.45) is 11.8 Å². The Morgan fingerprint density at radius 2 is 1.12 bits per heavy atom. The van der Waals surface area contributed by atoms with E-state index < -0.39 is 29.6 Å². The summed E-state index contributed by atoms with van der Waals surface area (Å²) >= 11 is 0. The number of hydrogen-bond acceptors (Lipinski definition) is 3. The number of carboxylic acids is 1. The molecule has 4 heteroatoms. The fourth-order valence-electron chi connectivity index (χ4n) is 6.08. The SMILES string of the molecule is O=C(O)[C@H]1[C@@H](c2ccccc2)[C@H](C(=O)O[C@@H]2CCCCC2c2ccccc2)[C@@H]1c1ccccc1. The van der Waals surface area contributed by atoms with Gasteiger partial charge in [-0.15, -0.1) is 0 Å². The molecule has 0 radical (unpaired) electrons. The van der Waals surface area contributed by atoms with Crippen LogP contribution in [0.25, 0.3) is 0 Å². The van der Waals surface area contributed by atoms with Crippen molar-refractivity contribution in [1.29, 1.82) is 0 Å². The highest BCUT2D eigenvalue weighted by Gasteiger charge is 2.59. The number of esters is 1. The van der Waals surface area contributed by atoms with Crippen molar-refractivity contribution in [1.82, 2.24) is 0 Å². The van der Waals surface area contributed by atoms with E-state index in [0.717, 1.165) is 36.8 Å². The third-order valence-electron chi connectivity index (χ3n) is 7.67. The summed E-state index contributed by atoms with van der Waals surface area (Å²) in [7, 11) is 0. The number of hydrogen-bond donors (Lipinski definition) is 1. The van der Waals surface area contributed by atoms with Crippen LogP contribution in [0.2, 0.25) is 0 Å². The van der Waals surface area contributed by atoms with E-state index in [-0.39, 0.29) is 18.0 Å². The Hall–Kier alpha value is -3.40. The largest absolute Gasteiger partial charge is 0.481 e. The molecule has 1 unspecified atom stereocenters. The molecule has 174 valence electrons. The van der Waals surface area contributed by atoms with Crippen LogP contribution in [0.5, 0.6) is 0 Å². The molecule has 4 atom stereocenters. The van der Waals surface area contributed by atoms with Gasteiger partial charge in [0.15, 0.2) is 0 Å². The van der Waals surface area contributed by atoms with Crippen molar-refractivity contribution >= 4 is 11.9 Å². The van der Waals surface area contributed by atoms with Crippen molar-refractivity contribution in [3.05, 3.63) is 108 Å². The van der Waals surface area contributed by atoms with E-state index >= 15 is 0 Å². The molecule has 2 fully saturated rings. The van der Waals surface area contributed by atoms with E-state index in [2.05, 4.69) is 12.1 Å². The lowest BCUT2D eigenvalue weighted by atomic mass is 9.52. The molecule has 0 heterocycles. The first-order valence-electron chi connectivity index (χ1n) is 12.2. The average Bonchev–Trinajstić information content (AvgIpc) is 2.85. The molecule has 0 aliphatic heterocycles. The van der Waals surface area contributed by atoms with Crippen molar-refractivity contribution < 1.29 is 19.4 Å². The highest BCUT2D eigenvalue weighted by Crippen LogP contribution is 2.58. The first-order chi connectivity index (χ1) is 16.6. The van der Waals surface area contributed by atoms with Gasteiger partial charge < -0.3 is 9.84 Å². The summed E-state index contributed by atoms with van der Waals surface area (Å²) in [6.07, 6.45) is 3.81. The monoisotopic (exact) mass is 454 g/mol. The van der Waals surface area contributed by atoms with E-state index in [9.17, 15) is 14.7 Å². The number of carbonyl (C=O) groups excluding carboxylic acids is 1. The lowest BCUT2D eigenvalue weighted by Gasteiger charge is -2.49. The Morgan fingerprint density at radius 1 is 0.647 bits per heavy atom. The minimum Gasteiger partial charge on any atom is -0.481 e. The number of aliphatic carboxylic acids is 1. The second-order valence-electron chi connectivity index (χ2n) is 9.54. The van der Waals surface area contributed by atoms with Crippen molar-refractivity contribution in [3.8, 4) is 0 Å². The molecule has 2 saturated carbocycles. The zero-order chi connectivity index (χ0) is 23.5. The minimum atomic E-state index is -0.869. The molecule has 0 amide bonds. The lowest BCUT2D eigenvalue weighted by Crippen LogP contribution is -2.52. The average molecular weight is 455 g/mol. The first-order valence-corrected chi connectivity index (χ1v) is 12.2. The van der Waals surface area contributed by atoms with Crippen molar-refractivity contribution in [2.75, 3.05) is 0 Å². The second-order valence-corrected chi connectivity index (χ2v) is 9.54. The van der Waals surface area contributed by atoms with E-state index in [1.807, 2.05) is 78.9 Å². The van der Waals surface area contributed by atoms with Crippen LogP contribution in [0.3, 0.4) is 0 Å². The summed E-state index contributed by atoms with van der Waals surface area (Å²) in [5.41, 5.74) is 2.97. The molecule has 0 spiro atoms. The third-order valence-corrected chi connectivity index (χ3v) is 7.67. The summed E-state index contributed by atoms with van der Waals surface area (Å²) < 4.78 is 6.26. The van der Waals surface area contributed by atoms with Gasteiger partial charge in [0, 0.05) is 17.8 Å². The van der Waals surface area contributed by atoms with E-state index in [1.165, 1.54) is 5.56 Å². The van der Waals surface area contributed by atoms with Gasteiger partial charge in [0.05, 0.1) is 11.8 Å². The molecule has 0 saturated heterocycles. The summed E-state index contributed by atoms with van der Waals surface area (Å²) in [5.74, 6) is -2.97. The zero-order valence-corrected chi connectivity index (χ0v) is 19.1. The summed E-state index contributed by atoms with van der Waals surface area (Å²) in [4.78, 5) is 26.2. The third kappa shape index (κ3) is 4.25. The van der Waals surface area contributed by atoms with Gasteiger partial charge in [-0.05, 0) is 36.0 Å². The molecule has 34 heavy (non-hydrogen) atoms. The van der Waals surface area contributed by atoms with Gasteiger partial charge >= 0.3 is 11.9 Å². The van der Waals surface area contributed by atoms with Crippen LogP contribution >= 0.6 is 0 Å². The fraction of sp³-hybridized carbons (Fsp3) is 0.333. The summed E-state index contributed by atoms with van der Waals surface area (Å²) in [5, 5.41) is 10.2. The quantitative estimate of drug-likeness (QED) is 0.454. The van der Waals surface area contributed by atoms with Gasteiger partial charge in [-0.3, -0.25) is 9.59 Å². The summed E-state index contributed by atoms with van der Waals surface area (Å²) in [6, 6.07) is 29.4. The van der Waals surface area contributed by atoms with Crippen molar-refractivity contribution in [2.45, 2.75) is 49.5 Å². The number of ether oxygens (including phenoxy) is 1. The molecule has 2 aliphatic carbocycles. The van der Waals surface area contributed by atoms with Gasteiger partial charge in [0.1, 0.15) is 6.10 Å². The molecule has 1 N–H and O–H groups in total. The Bertz CT molecular complexity index is 1060. The van der Waals surface area contributed by atoms with Crippen LogP contribution in [0.15, 0.2) is 91.0 Å². The molecule has 3 aromatic rings. The van der Waals surface area contributed by atoms with Crippen LogP contribution in [0, 0.1) is 11.8 Å². The zero-order valence-electron chi connectivity index (χ0n) is 19.1. The fourth-order valence-corrected chi connectivity index (χ4v) is 6.08. The van der Waals surface area contributed by atoms with Gasteiger partial charge in [-0.1, -0.05) is 97.4 Å². The lowest BCUT2D eigenvalue weighted by molar-refractivity contribution is -0.170. The van der Waals surface area contributed by atoms with Crippen LogP contribution < -0.4 is 0 Å². The first kappa shape index (κ1) is 22.4. The van der Waals surface area contributed by atoms with Crippen LogP contribution in [0.1, 0.15) is 60.1 Å². The predicted molar refractivity (Wildman–Crippen MR) is 131 cm³/mol. The standard InChI is InChI=1S/C30H30O4/c31-29(32)27-25(21-14-6-2-7-15-21)28(26(27)22-16-8-3-9-17-22)30(33)34-24-19-11-10-18-23(24)20-12-4-1-5-13-20/h1-9,12-17,23-28H,10-11,18-19H2,(H,31,32)/t23?,24-,25-,26-,27-,28-/m1/s1. The van der Waals surface area contributed by atoms with Crippen molar-refractivity contribution in [3.63, 3.8) is 0 Å². The predicted octanol–water partition coefficient (Wildman–Crippen LogP) is 6.15. The molecule has 3 aromatic carbocycles. The molecule has 5 rings (SSSR count). The molecule has 0 bridgehead atoms. The maximum Gasteiger partial charge on any atom is 0.310 e. The number of rotatable bonds is 6. The van der Waals surface area contributed by atoms with Gasteiger partial charge in [-0.25, -0.2) is 0 Å². The maximum atomic E-state index is 13.8. The van der Waals surface area contributed by atoms with E-state index in [0.29, 0.717) is 0 Å². The van der Waals surface area contributed by atoms with Crippen LogP contribution in [-0.2, 0) is 14.3 Å². The molecule has 2 aliphatic rings. The number of carbonyl (C=O) groups is 2. The van der Waals surface area contributed by atoms with Gasteiger partial charge in [-0.2, -0.15) is 0 Å². The number of benzene rings is 3. The summed E-state index contributed by atoms with van der Waals surface area (Å²) in [6.45, 7) is 0. The molecule has 4 nitrogen and oxygen atoms in total. The highest BCUT2D eigenvalue weighted by atomic mass is 16.5. The van der Waals surface area contributed by atoms with Crippen LogP contribution in [0.4, 0.5) is 0 Å². The minimum absolute atomic E-state index is 0.180. The Morgan fingerprint density at radius 3 is 1.62 bits per heavy atom. The Balaban J connectivity index is 1.46. The molecular formula is C30H30O4. The second kappa shape index (κ2) is 9.84. The normalized spacial score (nSPS) is 28.5. The molecule has 0 aromatic heterocycles.